The van der Waals surface area contributed by atoms with Gasteiger partial charge in [-0.25, -0.2) is 4.39 Å². The van der Waals surface area contributed by atoms with E-state index in [4.69, 9.17) is 23.2 Å². The van der Waals surface area contributed by atoms with Crippen molar-refractivity contribution in [2.24, 2.45) is 0 Å². The molecule has 0 bridgehead atoms. The van der Waals surface area contributed by atoms with Gasteiger partial charge in [0.2, 0.25) is 0 Å². The van der Waals surface area contributed by atoms with Gasteiger partial charge in [0.05, 0.1) is 5.02 Å². The molecule has 1 aliphatic rings. The number of carbonyl (C=O) groups excluding carboxylic acids is 1. The molecular formula is C19H17Cl2FN2O. The van der Waals surface area contributed by atoms with Crippen molar-refractivity contribution in [3.8, 4) is 0 Å². The smallest absolute Gasteiger partial charge is 0.188 e. The molecule has 0 saturated carbocycles. The van der Waals surface area contributed by atoms with Crippen LogP contribution in [0.15, 0.2) is 54.7 Å². The summed E-state index contributed by atoms with van der Waals surface area (Å²) in [7, 11) is 0. The molecule has 1 heterocycles. The summed E-state index contributed by atoms with van der Waals surface area (Å²) in [5.74, 6) is -0.382. The van der Waals surface area contributed by atoms with Gasteiger partial charge in [0, 0.05) is 54.7 Å². The lowest BCUT2D eigenvalue weighted by Gasteiger charge is -2.35. The van der Waals surface area contributed by atoms with Crippen LogP contribution in [0.4, 0.5) is 10.1 Å². The highest BCUT2D eigenvalue weighted by molar-refractivity contribution is 6.37. The normalized spacial score (nSPS) is 15.0. The third kappa shape index (κ3) is 4.53. The van der Waals surface area contributed by atoms with Gasteiger partial charge in [0.1, 0.15) is 5.82 Å². The molecule has 2 aromatic carbocycles. The van der Waals surface area contributed by atoms with Gasteiger partial charge < -0.3 is 9.80 Å². The van der Waals surface area contributed by atoms with E-state index in [2.05, 4.69) is 9.80 Å². The summed E-state index contributed by atoms with van der Waals surface area (Å²) in [6.45, 7) is 3.20. The third-order valence-corrected chi connectivity index (χ3v) is 4.69. The Hall–Kier alpha value is -2.04. The Morgan fingerprint density at radius 3 is 2.32 bits per heavy atom. The van der Waals surface area contributed by atoms with E-state index < -0.39 is 0 Å². The predicted octanol–water partition coefficient (Wildman–Crippen LogP) is 4.65. The van der Waals surface area contributed by atoms with Crippen LogP contribution in [0.2, 0.25) is 10.0 Å². The maximum atomic E-state index is 13.0. The second kappa shape index (κ2) is 7.89. The van der Waals surface area contributed by atoms with Gasteiger partial charge in [-0.2, -0.15) is 0 Å². The highest BCUT2D eigenvalue weighted by Gasteiger charge is 2.15. The van der Waals surface area contributed by atoms with E-state index in [0.717, 1.165) is 31.9 Å². The highest BCUT2D eigenvalue weighted by atomic mass is 35.5. The first-order chi connectivity index (χ1) is 12.0. The van der Waals surface area contributed by atoms with Crippen LogP contribution in [0.3, 0.4) is 0 Å². The average molecular weight is 379 g/mol. The molecule has 0 atom stereocenters. The summed E-state index contributed by atoms with van der Waals surface area (Å²) < 4.78 is 13.0. The molecule has 0 aromatic heterocycles. The van der Waals surface area contributed by atoms with E-state index in [0.29, 0.717) is 15.6 Å². The van der Waals surface area contributed by atoms with Crippen molar-refractivity contribution < 1.29 is 9.18 Å². The lowest BCUT2D eigenvalue weighted by atomic mass is 10.1. The first-order valence-corrected chi connectivity index (χ1v) is 8.71. The van der Waals surface area contributed by atoms with Crippen molar-refractivity contribution in [1.82, 2.24) is 4.90 Å². The Bertz CT molecular complexity index is 785. The largest absolute Gasteiger partial charge is 0.374 e. The lowest BCUT2D eigenvalue weighted by Crippen LogP contribution is -2.44. The molecule has 0 amide bonds. The first-order valence-electron chi connectivity index (χ1n) is 7.95. The number of halogens is 3. The molecule has 1 aliphatic heterocycles. The number of benzene rings is 2. The second-order valence-corrected chi connectivity index (χ2v) is 6.65. The Morgan fingerprint density at radius 1 is 1.00 bits per heavy atom. The summed E-state index contributed by atoms with van der Waals surface area (Å²) in [5.41, 5.74) is 1.45. The topological polar surface area (TPSA) is 23.6 Å². The molecule has 0 unspecified atom stereocenters. The van der Waals surface area contributed by atoms with E-state index in [1.165, 1.54) is 18.2 Å². The molecule has 130 valence electrons. The molecule has 0 aliphatic carbocycles. The zero-order chi connectivity index (χ0) is 17.8. The van der Waals surface area contributed by atoms with Gasteiger partial charge in [-0.3, -0.25) is 4.79 Å². The molecular weight excluding hydrogens is 362 g/mol. The molecule has 25 heavy (non-hydrogen) atoms. The van der Waals surface area contributed by atoms with Crippen molar-refractivity contribution in [2.45, 2.75) is 0 Å². The number of hydrogen-bond donors (Lipinski definition) is 0. The summed E-state index contributed by atoms with van der Waals surface area (Å²) in [6, 6.07) is 11.3. The SMILES string of the molecule is O=C(/C=C/N1CCN(c2ccc(F)cc2)CC1)c1ccc(Cl)cc1Cl. The summed E-state index contributed by atoms with van der Waals surface area (Å²) in [4.78, 5) is 16.5. The van der Waals surface area contributed by atoms with E-state index in [1.54, 1.807) is 36.5 Å². The number of piperazine rings is 1. The fraction of sp³-hybridized carbons (Fsp3) is 0.211. The second-order valence-electron chi connectivity index (χ2n) is 5.80. The first kappa shape index (κ1) is 17.8. The molecule has 3 rings (SSSR count). The van der Waals surface area contributed by atoms with Crippen molar-refractivity contribution in [3.63, 3.8) is 0 Å². The fourth-order valence-corrected chi connectivity index (χ4v) is 3.23. The van der Waals surface area contributed by atoms with Crippen LogP contribution in [-0.2, 0) is 0 Å². The third-order valence-electron chi connectivity index (χ3n) is 4.14. The molecule has 3 nitrogen and oxygen atoms in total. The Labute approximate surface area is 156 Å². The quantitative estimate of drug-likeness (QED) is 0.571. The minimum absolute atomic E-state index is 0.150. The Kier molecular flexibility index (Phi) is 5.61. The number of ketones is 1. The molecule has 0 radical (unpaired) electrons. The minimum Gasteiger partial charge on any atom is -0.374 e. The summed E-state index contributed by atoms with van der Waals surface area (Å²) in [5, 5.41) is 0.853. The summed E-state index contributed by atoms with van der Waals surface area (Å²) in [6.07, 6.45) is 3.33. The van der Waals surface area contributed by atoms with E-state index >= 15 is 0 Å². The molecule has 0 spiro atoms. The number of anilines is 1. The average Bonchev–Trinajstić information content (AvgIpc) is 2.61. The maximum Gasteiger partial charge on any atom is 0.188 e. The van der Waals surface area contributed by atoms with Gasteiger partial charge in [-0.15, -0.1) is 0 Å². The molecule has 1 saturated heterocycles. The Balaban J connectivity index is 1.57. The van der Waals surface area contributed by atoms with Gasteiger partial charge in [-0.1, -0.05) is 23.2 Å². The number of rotatable bonds is 4. The van der Waals surface area contributed by atoms with Gasteiger partial charge >= 0.3 is 0 Å². The monoisotopic (exact) mass is 378 g/mol. The zero-order valence-electron chi connectivity index (χ0n) is 13.5. The molecule has 2 aromatic rings. The number of nitrogens with zero attached hydrogens (tertiary/aromatic N) is 2. The van der Waals surface area contributed by atoms with Crippen LogP contribution in [0, 0.1) is 5.82 Å². The van der Waals surface area contributed by atoms with Crippen LogP contribution < -0.4 is 4.90 Å². The van der Waals surface area contributed by atoms with Crippen LogP contribution >= 0.6 is 23.2 Å². The fourth-order valence-electron chi connectivity index (χ4n) is 2.73. The van der Waals surface area contributed by atoms with E-state index in [-0.39, 0.29) is 11.6 Å². The predicted molar refractivity (Wildman–Crippen MR) is 100 cm³/mol. The lowest BCUT2D eigenvalue weighted by molar-refractivity contribution is 0.104. The summed E-state index contributed by atoms with van der Waals surface area (Å²) >= 11 is 11.9. The molecule has 6 heteroatoms. The minimum atomic E-state index is -0.232. The van der Waals surface area contributed by atoms with Crippen molar-refractivity contribution in [3.05, 3.63) is 76.2 Å². The van der Waals surface area contributed by atoms with Crippen LogP contribution in [0.5, 0.6) is 0 Å². The van der Waals surface area contributed by atoms with Gasteiger partial charge in [0.25, 0.3) is 0 Å². The standard InChI is InChI=1S/C19H17Cl2FN2O/c20-14-1-6-17(18(21)13-14)19(25)7-8-23-9-11-24(12-10-23)16-4-2-15(22)3-5-16/h1-8,13H,9-12H2/b8-7+. The van der Waals surface area contributed by atoms with E-state index in [9.17, 15) is 9.18 Å². The zero-order valence-corrected chi connectivity index (χ0v) is 15.0. The van der Waals surface area contributed by atoms with Crippen LogP contribution in [0.1, 0.15) is 10.4 Å². The van der Waals surface area contributed by atoms with Crippen LogP contribution in [0.25, 0.3) is 0 Å². The number of allylic oxidation sites excluding steroid dienone is 1. The molecule has 0 N–H and O–H groups in total. The number of hydrogen-bond acceptors (Lipinski definition) is 3. The van der Waals surface area contributed by atoms with Gasteiger partial charge in [0.15, 0.2) is 5.78 Å². The van der Waals surface area contributed by atoms with Crippen molar-refractivity contribution in [2.75, 3.05) is 31.1 Å². The van der Waals surface area contributed by atoms with E-state index in [1.807, 2.05) is 0 Å². The molecule has 1 fully saturated rings. The maximum absolute atomic E-state index is 13.0. The highest BCUT2D eigenvalue weighted by Crippen LogP contribution is 2.22. The number of carbonyl (C=O) groups is 1. The van der Waals surface area contributed by atoms with Gasteiger partial charge in [-0.05, 0) is 42.5 Å². The Morgan fingerprint density at radius 2 is 1.68 bits per heavy atom. The van der Waals surface area contributed by atoms with Crippen LogP contribution in [-0.4, -0.2) is 36.9 Å². The van der Waals surface area contributed by atoms with Crippen molar-refractivity contribution >= 4 is 34.7 Å². The van der Waals surface area contributed by atoms with Crippen molar-refractivity contribution in [1.29, 1.82) is 0 Å².